The number of aromatic nitrogens is 4. The molecule has 2 saturated heterocycles. The van der Waals surface area contributed by atoms with Crippen LogP contribution in [-0.4, -0.2) is 76.6 Å². The SMILES string of the molecule is CCCNc1cc(N2CCCC(CCC(=O)N3CCN(c4ncccn4)CC3)C2)ncn1. The van der Waals surface area contributed by atoms with Crippen LogP contribution in [-0.2, 0) is 4.79 Å². The van der Waals surface area contributed by atoms with Crippen molar-refractivity contribution in [2.75, 3.05) is 60.9 Å². The van der Waals surface area contributed by atoms with Gasteiger partial charge in [-0.2, -0.15) is 0 Å². The van der Waals surface area contributed by atoms with E-state index in [0.717, 1.165) is 82.7 Å². The first-order valence-corrected chi connectivity index (χ1v) is 11.8. The lowest BCUT2D eigenvalue weighted by Crippen LogP contribution is -2.49. The molecule has 1 amide bonds. The first-order valence-electron chi connectivity index (χ1n) is 11.8. The van der Waals surface area contributed by atoms with Crippen LogP contribution in [0.25, 0.3) is 0 Å². The number of anilines is 3. The zero-order valence-electron chi connectivity index (χ0n) is 19.0. The molecule has 2 aliphatic heterocycles. The minimum Gasteiger partial charge on any atom is -0.370 e. The second-order valence-electron chi connectivity index (χ2n) is 8.60. The lowest BCUT2D eigenvalue weighted by Gasteiger charge is -2.36. The van der Waals surface area contributed by atoms with Crippen molar-refractivity contribution in [3.63, 3.8) is 0 Å². The standard InChI is InChI=1S/C23H34N8O/c1-2-8-24-20-16-21(28-18-27-20)31-11-3-5-19(17-31)6-7-22(32)29-12-14-30(15-13-29)23-25-9-4-10-26-23/h4,9-10,16,18-19H,2-3,5-8,11-15,17H2,1H3,(H,24,27,28). The molecule has 1 unspecified atom stereocenters. The first-order chi connectivity index (χ1) is 15.7. The van der Waals surface area contributed by atoms with E-state index in [2.05, 4.69) is 42.0 Å². The second kappa shape index (κ2) is 11.1. The molecule has 172 valence electrons. The lowest BCUT2D eigenvalue weighted by molar-refractivity contribution is -0.131. The third-order valence-electron chi connectivity index (χ3n) is 6.29. The molecule has 1 atom stereocenters. The number of hydrogen-bond donors (Lipinski definition) is 1. The zero-order chi connectivity index (χ0) is 22.2. The first kappa shape index (κ1) is 22.2. The van der Waals surface area contributed by atoms with Crippen LogP contribution in [0.15, 0.2) is 30.9 Å². The van der Waals surface area contributed by atoms with Crippen molar-refractivity contribution in [1.82, 2.24) is 24.8 Å². The molecule has 0 bridgehead atoms. The van der Waals surface area contributed by atoms with Crippen LogP contribution in [0, 0.1) is 5.92 Å². The fourth-order valence-corrected chi connectivity index (χ4v) is 4.47. The van der Waals surface area contributed by atoms with E-state index in [1.165, 1.54) is 6.42 Å². The van der Waals surface area contributed by atoms with Gasteiger partial charge in [0.25, 0.3) is 0 Å². The van der Waals surface area contributed by atoms with Gasteiger partial charge >= 0.3 is 0 Å². The van der Waals surface area contributed by atoms with Crippen LogP contribution in [0.4, 0.5) is 17.6 Å². The molecule has 4 heterocycles. The number of hydrogen-bond acceptors (Lipinski definition) is 8. The maximum absolute atomic E-state index is 12.8. The van der Waals surface area contributed by atoms with E-state index in [0.29, 0.717) is 12.3 Å². The highest BCUT2D eigenvalue weighted by Crippen LogP contribution is 2.26. The lowest BCUT2D eigenvalue weighted by atomic mass is 9.93. The summed E-state index contributed by atoms with van der Waals surface area (Å²) < 4.78 is 0. The van der Waals surface area contributed by atoms with Gasteiger partial charge in [0.2, 0.25) is 11.9 Å². The van der Waals surface area contributed by atoms with Crippen LogP contribution < -0.4 is 15.1 Å². The van der Waals surface area contributed by atoms with Crippen LogP contribution in [0.1, 0.15) is 39.0 Å². The Bertz CT molecular complexity index is 856. The highest BCUT2D eigenvalue weighted by molar-refractivity contribution is 5.76. The van der Waals surface area contributed by atoms with Crippen molar-refractivity contribution in [1.29, 1.82) is 0 Å². The Balaban J connectivity index is 1.23. The van der Waals surface area contributed by atoms with Gasteiger partial charge in [-0.1, -0.05) is 6.92 Å². The third kappa shape index (κ3) is 5.83. The Kier molecular flexibility index (Phi) is 7.68. The molecule has 0 aliphatic carbocycles. The van der Waals surface area contributed by atoms with E-state index < -0.39 is 0 Å². The van der Waals surface area contributed by atoms with Crippen LogP contribution in [0.5, 0.6) is 0 Å². The van der Waals surface area contributed by atoms with Gasteiger partial charge in [0.15, 0.2) is 0 Å². The fraction of sp³-hybridized carbons (Fsp3) is 0.609. The molecule has 2 aromatic heterocycles. The maximum Gasteiger partial charge on any atom is 0.225 e. The molecule has 4 rings (SSSR count). The molecule has 0 saturated carbocycles. The summed E-state index contributed by atoms with van der Waals surface area (Å²) in [6.45, 7) is 8.07. The van der Waals surface area contributed by atoms with Crippen LogP contribution in [0.2, 0.25) is 0 Å². The molecule has 9 heteroatoms. The minimum atomic E-state index is 0.267. The van der Waals surface area contributed by atoms with Crippen molar-refractivity contribution in [2.45, 2.75) is 39.0 Å². The predicted molar refractivity (Wildman–Crippen MR) is 126 cm³/mol. The summed E-state index contributed by atoms with van der Waals surface area (Å²) in [7, 11) is 0. The van der Waals surface area contributed by atoms with Gasteiger partial charge in [-0.3, -0.25) is 4.79 Å². The monoisotopic (exact) mass is 438 g/mol. The molecule has 9 nitrogen and oxygen atoms in total. The van der Waals surface area contributed by atoms with E-state index in [-0.39, 0.29) is 5.91 Å². The highest BCUT2D eigenvalue weighted by Gasteiger charge is 2.25. The molecule has 0 radical (unpaired) electrons. The number of carbonyl (C=O) groups excluding carboxylic acids is 1. The van der Waals surface area contributed by atoms with Gasteiger partial charge in [-0.25, -0.2) is 19.9 Å². The summed E-state index contributed by atoms with van der Waals surface area (Å²) in [6, 6.07) is 3.86. The largest absolute Gasteiger partial charge is 0.370 e. The summed E-state index contributed by atoms with van der Waals surface area (Å²) >= 11 is 0. The van der Waals surface area contributed by atoms with E-state index in [9.17, 15) is 4.79 Å². The predicted octanol–water partition coefficient (Wildman–Crippen LogP) is 2.43. The van der Waals surface area contributed by atoms with E-state index in [1.807, 2.05) is 17.0 Å². The number of carbonyl (C=O) groups is 1. The number of amides is 1. The van der Waals surface area contributed by atoms with Gasteiger partial charge in [-0.15, -0.1) is 0 Å². The Morgan fingerprint density at radius 2 is 1.88 bits per heavy atom. The quantitative estimate of drug-likeness (QED) is 0.672. The molecule has 32 heavy (non-hydrogen) atoms. The zero-order valence-corrected chi connectivity index (χ0v) is 19.0. The van der Waals surface area contributed by atoms with E-state index in [4.69, 9.17) is 0 Å². The third-order valence-corrected chi connectivity index (χ3v) is 6.29. The summed E-state index contributed by atoms with van der Waals surface area (Å²) in [5.41, 5.74) is 0. The number of piperazine rings is 1. The van der Waals surface area contributed by atoms with Gasteiger partial charge in [0, 0.05) is 70.7 Å². The van der Waals surface area contributed by atoms with E-state index >= 15 is 0 Å². The van der Waals surface area contributed by atoms with Crippen molar-refractivity contribution >= 4 is 23.5 Å². The van der Waals surface area contributed by atoms with Crippen molar-refractivity contribution in [3.05, 3.63) is 30.9 Å². The number of nitrogens with zero attached hydrogens (tertiary/aromatic N) is 7. The molecule has 1 N–H and O–H groups in total. The summed E-state index contributed by atoms with van der Waals surface area (Å²) in [6.07, 6.45) is 10.1. The highest BCUT2D eigenvalue weighted by atomic mass is 16.2. The molecular weight excluding hydrogens is 404 g/mol. The average molecular weight is 439 g/mol. The van der Waals surface area contributed by atoms with Gasteiger partial charge in [-0.05, 0) is 37.7 Å². The van der Waals surface area contributed by atoms with Crippen LogP contribution in [0.3, 0.4) is 0 Å². The van der Waals surface area contributed by atoms with Gasteiger partial charge in [0.1, 0.15) is 18.0 Å². The molecule has 2 aliphatic rings. The van der Waals surface area contributed by atoms with Gasteiger partial charge in [0.05, 0.1) is 0 Å². The second-order valence-corrected chi connectivity index (χ2v) is 8.60. The number of rotatable bonds is 8. The molecule has 2 fully saturated rings. The van der Waals surface area contributed by atoms with Crippen molar-refractivity contribution in [2.24, 2.45) is 5.92 Å². The Labute approximate surface area is 190 Å². The smallest absolute Gasteiger partial charge is 0.225 e. The van der Waals surface area contributed by atoms with Crippen molar-refractivity contribution in [3.8, 4) is 0 Å². The molecule has 0 spiro atoms. The molecule has 2 aromatic rings. The van der Waals surface area contributed by atoms with Gasteiger partial charge < -0.3 is 20.0 Å². The normalized spacial score (nSPS) is 19.2. The Hall–Kier alpha value is -2.97. The Morgan fingerprint density at radius 3 is 2.66 bits per heavy atom. The topological polar surface area (TPSA) is 90.4 Å². The van der Waals surface area contributed by atoms with E-state index in [1.54, 1.807) is 18.7 Å². The minimum absolute atomic E-state index is 0.267. The maximum atomic E-state index is 12.8. The summed E-state index contributed by atoms with van der Waals surface area (Å²) in [5, 5.41) is 3.34. The number of piperidine rings is 1. The number of nitrogens with one attached hydrogen (secondary N) is 1. The summed E-state index contributed by atoms with van der Waals surface area (Å²) in [5.74, 6) is 3.40. The van der Waals surface area contributed by atoms with Crippen molar-refractivity contribution < 1.29 is 4.79 Å². The molecular formula is C23H34N8O. The average Bonchev–Trinajstić information content (AvgIpc) is 2.87. The fourth-order valence-electron chi connectivity index (χ4n) is 4.47. The summed E-state index contributed by atoms with van der Waals surface area (Å²) in [4.78, 5) is 36.7. The Morgan fingerprint density at radius 1 is 1.06 bits per heavy atom. The molecule has 0 aromatic carbocycles. The van der Waals surface area contributed by atoms with Crippen LogP contribution >= 0.6 is 0 Å².